The van der Waals surface area contributed by atoms with E-state index in [-0.39, 0.29) is 5.97 Å². The number of H-pyrrole nitrogens is 1. The highest BCUT2D eigenvalue weighted by atomic mass is 79.9. The van der Waals surface area contributed by atoms with Crippen LogP contribution in [-0.2, 0) is 9.53 Å². The third-order valence-corrected chi connectivity index (χ3v) is 5.30. The molecule has 1 amide bonds. The van der Waals surface area contributed by atoms with E-state index in [9.17, 15) is 9.59 Å². The second-order valence-corrected chi connectivity index (χ2v) is 7.42. The van der Waals surface area contributed by atoms with Gasteiger partial charge in [-0.3, -0.25) is 9.59 Å². The molecular formula is C18H16BrN3O3S. The average molecular weight is 434 g/mol. The summed E-state index contributed by atoms with van der Waals surface area (Å²) < 4.78 is 6.13. The van der Waals surface area contributed by atoms with Gasteiger partial charge < -0.3 is 15.5 Å². The number of thioether (sulfide) groups is 1. The number of esters is 1. The monoisotopic (exact) mass is 433 g/mol. The van der Waals surface area contributed by atoms with Crippen molar-refractivity contribution in [2.24, 2.45) is 5.73 Å². The molecule has 6 nitrogen and oxygen atoms in total. The number of aromatic nitrogens is 2. The van der Waals surface area contributed by atoms with Gasteiger partial charge >= 0.3 is 5.97 Å². The molecule has 0 aliphatic rings. The summed E-state index contributed by atoms with van der Waals surface area (Å²) in [5.41, 5.74) is 7.71. The highest BCUT2D eigenvalue weighted by molar-refractivity contribution is 9.10. The number of nitrogens with zero attached hydrogens (tertiary/aromatic N) is 1. The summed E-state index contributed by atoms with van der Waals surface area (Å²) in [6.07, 6.45) is 0. The van der Waals surface area contributed by atoms with Crippen LogP contribution in [0.2, 0.25) is 0 Å². The molecule has 1 atom stereocenters. The normalized spacial score (nSPS) is 12.1. The van der Waals surface area contributed by atoms with Gasteiger partial charge in [-0.05, 0) is 36.8 Å². The standard InChI is InChI=1S/C18H16BrN3O3S/c1-2-25-17(24)15(10-6-8-11(19)9-7-10)26-18-21-13-5-3-4-12(16(20)23)14(13)22-18/h3-9,15H,2H2,1H3,(H2,20,23)(H,21,22). The lowest BCUT2D eigenvalue weighted by Gasteiger charge is -2.14. The number of para-hydroxylation sites is 1. The molecule has 1 heterocycles. The number of nitrogens with two attached hydrogens (primary N) is 1. The number of ether oxygens (including phenoxy) is 1. The summed E-state index contributed by atoms with van der Waals surface area (Å²) in [6, 6.07) is 12.6. The Kier molecular flexibility index (Phi) is 5.63. The maximum absolute atomic E-state index is 12.5. The predicted molar refractivity (Wildman–Crippen MR) is 104 cm³/mol. The predicted octanol–water partition coefficient (Wildman–Crippen LogP) is 3.82. The van der Waals surface area contributed by atoms with Crippen LogP contribution in [0.3, 0.4) is 0 Å². The molecule has 26 heavy (non-hydrogen) atoms. The first-order valence-electron chi connectivity index (χ1n) is 7.87. The van der Waals surface area contributed by atoms with E-state index in [0.717, 1.165) is 10.0 Å². The Morgan fingerprint density at radius 2 is 2.00 bits per heavy atom. The zero-order valence-electron chi connectivity index (χ0n) is 13.9. The number of aromatic amines is 1. The van der Waals surface area contributed by atoms with E-state index < -0.39 is 11.2 Å². The molecule has 3 aromatic rings. The van der Waals surface area contributed by atoms with Crippen molar-refractivity contribution in [3.05, 3.63) is 58.1 Å². The molecule has 0 aliphatic carbocycles. The van der Waals surface area contributed by atoms with Gasteiger partial charge in [0.15, 0.2) is 5.16 Å². The van der Waals surface area contributed by atoms with E-state index in [2.05, 4.69) is 25.9 Å². The lowest BCUT2D eigenvalue weighted by atomic mass is 10.1. The average Bonchev–Trinajstić information content (AvgIpc) is 3.03. The minimum absolute atomic E-state index is 0.290. The number of fused-ring (bicyclic) bond motifs is 1. The first-order chi connectivity index (χ1) is 12.5. The Morgan fingerprint density at radius 3 is 2.65 bits per heavy atom. The molecule has 1 aromatic heterocycles. The summed E-state index contributed by atoms with van der Waals surface area (Å²) in [4.78, 5) is 31.6. The molecule has 0 saturated carbocycles. The number of carbonyl (C=O) groups excluding carboxylic acids is 2. The molecule has 134 valence electrons. The zero-order chi connectivity index (χ0) is 18.7. The Balaban J connectivity index is 1.97. The highest BCUT2D eigenvalue weighted by Gasteiger charge is 2.25. The van der Waals surface area contributed by atoms with Gasteiger partial charge in [0.05, 0.1) is 17.7 Å². The van der Waals surface area contributed by atoms with Crippen molar-refractivity contribution >= 4 is 50.6 Å². The molecule has 0 radical (unpaired) electrons. The van der Waals surface area contributed by atoms with E-state index in [1.54, 1.807) is 25.1 Å². The SMILES string of the molecule is CCOC(=O)C(Sc1nc2c(C(N)=O)cccc2[nH]1)c1ccc(Br)cc1. The van der Waals surface area contributed by atoms with Gasteiger partial charge in [0, 0.05) is 4.47 Å². The largest absolute Gasteiger partial charge is 0.465 e. The Hall–Kier alpha value is -2.32. The number of rotatable bonds is 6. The van der Waals surface area contributed by atoms with Gasteiger partial charge in [-0.1, -0.05) is 45.9 Å². The van der Waals surface area contributed by atoms with Crippen LogP contribution in [0.15, 0.2) is 52.1 Å². The fourth-order valence-corrected chi connectivity index (χ4v) is 3.74. The number of hydrogen-bond donors (Lipinski definition) is 2. The number of carbonyl (C=O) groups is 2. The molecule has 0 spiro atoms. The molecule has 0 bridgehead atoms. The number of benzene rings is 2. The molecule has 8 heteroatoms. The first-order valence-corrected chi connectivity index (χ1v) is 9.54. The maximum Gasteiger partial charge on any atom is 0.324 e. The minimum atomic E-state index is -0.583. The lowest BCUT2D eigenvalue weighted by Crippen LogP contribution is -2.13. The van der Waals surface area contributed by atoms with Crippen LogP contribution >= 0.6 is 27.7 Å². The quantitative estimate of drug-likeness (QED) is 0.454. The molecule has 0 saturated heterocycles. The van der Waals surface area contributed by atoms with Crippen LogP contribution in [0.5, 0.6) is 0 Å². The van der Waals surface area contributed by atoms with Crippen LogP contribution in [-0.4, -0.2) is 28.5 Å². The van der Waals surface area contributed by atoms with Crippen LogP contribution in [0, 0.1) is 0 Å². The summed E-state index contributed by atoms with van der Waals surface area (Å²) in [5.74, 6) is -0.899. The zero-order valence-corrected chi connectivity index (χ0v) is 16.3. The maximum atomic E-state index is 12.5. The second-order valence-electron chi connectivity index (χ2n) is 5.41. The van der Waals surface area contributed by atoms with E-state index in [1.165, 1.54) is 11.8 Å². The van der Waals surface area contributed by atoms with Crippen molar-refractivity contribution in [1.29, 1.82) is 0 Å². The number of hydrogen-bond acceptors (Lipinski definition) is 5. The van der Waals surface area contributed by atoms with Crippen molar-refractivity contribution in [3.63, 3.8) is 0 Å². The van der Waals surface area contributed by atoms with Crippen molar-refractivity contribution in [2.45, 2.75) is 17.3 Å². The van der Waals surface area contributed by atoms with Gasteiger partial charge in [-0.2, -0.15) is 0 Å². The van der Waals surface area contributed by atoms with E-state index in [4.69, 9.17) is 10.5 Å². The number of imidazole rings is 1. The van der Waals surface area contributed by atoms with Crippen LogP contribution in [0.4, 0.5) is 0 Å². The number of amides is 1. The topological polar surface area (TPSA) is 98.1 Å². The van der Waals surface area contributed by atoms with Gasteiger partial charge in [-0.25, -0.2) is 4.98 Å². The Morgan fingerprint density at radius 1 is 1.27 bits per heavy atom. The van der Waals surface area contributed by atoms with Gasteiger partial charge in [-0.15, -0.1) is 0 Å². The molecule has 0 aliphatic heterocycles. The second kappa shape index (κ2) is 7.92. The van der Waals surface area contributed by atoms with Gasteiger partial charge in [0.1, 0.15) is 10.8 Å². The van der Waals surface area contributed by atoms with Crippen molar-refractivity contribution in [2.75, 3.05) is 6.61 Å². The van der Waals surface area contributed by atoms with Crippen LogP contribution < -0.4 is 5.73 Å². The van der Waals surface area contributed by atoms with Crippen molar-refractivity contribution in [3.8, 4) is 0 Å². The molecule has 3 rings (SSSR count). The lowest BCUT2D eigenvalue weighted by molar-refractivity contribution is -0.142. The minimum Gasteiger partial charge on any atom is -0.465 e. The molecular weight excluding hydrogens is 418 g/mol. The molecule has 2 aromatic carbocycles. The number of nitrogens with one attached hydrogen (secondary N) is 1. The fourth-order valence-electron chi connectivity index (χ4n) is 2.48. The van der Waals surface area contributed by atoms with Crippen molar-refractivity contribution in [1.82, 2.24) is 9.97 Å². The van der Waals surface area contributed by atoms with E-state index >= 15 is 0 Å². The third-order valence-electron chi connectivity index (χ3n) is 3.66. The summed E-state index contributed by atoms with van der Waals surface area (Å²) in [7, 11) is 0. The summed E-state index contributed by atoms with van der Waals surface area (Å²) >= 11 is 4.62. The Bertz CT molecular complexity index is 956. The van der Waals surface area contributed by atoms with E-state index in [0.29, 0.717) is 28.4 Å². The van der Waals surface area contributed by atoms with Crippen LogP contribution in [0.25, 0.3) is 11.0 Å². The first kappa shape index (κ1) is 18.5. The van der Waals surface area contributed by atoms with Crippen LogP contribution in [0.1, 0.15) is 28.1 Å². The number of halogens is 1. The van der Waals surface area contributed by atoms with Gasteiger partial charge in [0.25, 0.3) is 5.91 Å². The molecule has 0 fully saturated rings. The van der Waals surface area contributed by atoms with Gasteiger partial charge in [0.2, 0.25) is 0 Å². The smallest absolute Gasteiger partial charge is 0.324 e. The molecule has 1 unspecified atom stereocenters. The van der Waals surface area contributed by atoms with Crippen molar-refractivity contribution < 1.29 is 14.3 Å². The van der Waals surface area contributed by atoms with E-state index in [1.807, 2.05) is 24.3 Å². The summed E-state index contributed by atoms with van der Waals surface area (Å²) in [5, 5.41) is -0.0738. The summed E-state index contributed by atoms with van der Waals surface area (Å²) in [6.45, 7) is 2.06. The number of primary amides is 1. The fraction of sp³-hybridized carbons (Fsp3) is 0.167. The highest BCUT2D eigenvalue weighted by Crippen LogP contribution is 2.36. The molecule has 3 N–H and O–H groups in total. The third kappa shape index (κ3) is 3.91. The Labute approximate surface area is 162 Å².